The van der Waals surface area contributed by atoms with Crippen LogP contribution in [0.3, 0.4) is 0 Å². The predicted octanol–water partition coefficient (Wildman–Crippen LogP) is 4.05. The number of rotatable bonds is 5. The van der Waals surface area contributed by atoms with Crippen LogP contribution in [0.25, 0.3) is 10.8 Å². The van der Waals surface area contributed by atoms with Gasteiger partial charge in [0.05, 0.1) is 9.82 Å². The molecule has 0 spiro atoms. The van der Waals surface area contributed by atoms with Crippen molar-refractivity contribution in [2.45, 2.75) is 18.2 Å². The van der Waals surface area contributed by atoms with E-state index in [-0.39, 0.29) is 17.0 Å². The number of nitro groups is 1. The second-order valence-corrected chi connectivity index (χ2v) is 9.00. The number of benzene rings is 3. The number of hydrogen-bond donors (Lipinski definition) is 0. The second kappa shape index (κ2) is 7.81. The Balaban J connectivity index is 1.97. The van der Waals surface area contributed by atoms with Crippen molar-refractivity contribution in [3.8, 4) is 0 Å². The van der Waals surface area contributed by atoms with E-state index in [9.17, 15) is 23.3 Å². The van der Waals surface area contributed by atoms with Crippen LogP contribution < -0.4 is 5.56 Å². The third kappa shape index (κ3) is 3.85. The van der Waals surface area contributed by atoms with Gasteiger partial charge < -0.3 is 0 Å². The molecule has 0 radical (unpaired) electrons. The molecule has 0 unspecified atom stereocenters. The zero-order valence-electron chi connectivity index (χ0n) is 16.6. The summed E-state index contributed by atoms with van der Waals surface area (Å²) in [6, 6.07) is 20.8. The van der Waals surface area contributed by atoms with Crippen LogP contribution in [0.15, 0.2) is 88.6 Å². The van der Waals surface area contributed by atoms with Crippen molar-refractivity contribution in [3.63, 3.8) is 0 Å². The molecule has 3 aromatic carbocycles. The minimum absolute atomic E-state index is 0.193. The fraction of sp³-hybridized carbons (Fsp3) is 0.0870. The third-order valence-corrected chi connectivity index (χ3v) is 6.77. The summed E-state index contributed by atoms with van der Waals surface area (Å²) in [4.78, 5) is 23.5. The molecular weight excluding hydrogens is 416 g/mol. The van der Waals surface area contributed by atoms with Gasteiger partial charge in [-0.2, -0.15) is 0 Å². The van der Waals surface area contributed by atoms with Crippen LogP contribution in [0.2, 0.25) is 0 Å². The Bertz CT molecular complexity index is 1460. The highest BCUT2D eigenvalue weighted by Gasteiger charge is 2.24. The molecule has 0 amide bonds. The van der Waals surface area contributed by atoms with Crippen molar-refractivity contribution >= 4 is 26.5 Å². The lowest BCUT2D eigenvalue weighted by Gasteiger charge is -2.15. The van der Waals surface area contributed by atoms with Crippen LogP contribution in [0, 0.1) is 17.0 Å². The Morgan fingerprint density at radius 1 is 0.935 bits per heavy atom. The van der Waals surface area contributed by atoms with Gasteiger partial charge in [0.1, 0.15) is 0 Å². The first-order valence-electron chi connectivity index (χ1n) is 9.46. The number of nitrogens with zero attached hydrogens (tertiary/aromatic N) is 2. The first kappa shape index (κ1) is 20.5. The average molecular weight is 434 g/mol. The maximum Gasteiger partial charge on any atom is 0.272 e. The summed E-state index contributed by atoms with van der Waals surface area (Å²) in [5.74, 6) is 0. The lowest BCUT2D eigenvalue weighted by molar-refractivity contribution is -0.384. The summed E-state index contributed by atoms with van der Waals surface area (Å²) in [5, 5.41) is 11.9. The van der Waals surface area contributed by atoms with Gasteiger partial charge in [-0.1, -0.05) is 48.0 Å². The van der Waals surface area contributed by atoms with E-state index in [1.54, 1.807) is 18.2 Å². The Kier molecular flexibility index (Phi) is 5.16. The van der Waals surface area contributed by atoms with Crippen molar-refractivity contribution < 1.29 is 13.3 Å². The molecule has 8 heteroatoms. The Labute approximate surface area is 178 Å². The van der Waals surface area contributed by atoms with E-state index < -0.39 is 20.5 Å². The van der Waals surface area contributed by atoms with Gasteiger partial charge in [-0.05, 0) is 42.1 Å². The number of fused-ring (bicyclic) bond motifs is 1. The van der Waals surface area contributed by atoms with Gasteiger partial charge in [-0.15, -0.1) is 0 Å². The van der Waals surface area contributed by atoms with Gasteiger partial charge in [0.25, 0.3) is 21.3 Å². The van der Waals surface area contributed by atoms with Gasteiger partial charge in [-0.3, -0.25) is 14.9 Å². The number of aromatic nitrogens is 1. The minimum Gasteiger partial charge on any atom is -0.268 e. The lowest BCUT2D eigenvalue weighted by Crippen LogP contribution is -2.30. The summed E-state index contributed by atoms with van der Waals surface area (Å²) in [7, 11) is -4.29. The lowest BCUT2D eigenvalue weighted by atomic mass is 10.1. The highest BCUT2D eigenvalue weighted by Crippen LogP contribution is 2.23. The van der Waals surface area contributed by atoms with Crippen molar-refractivity contribution in [1.29, 1.82) is 0 Å². The molecule has 1 heterocycles. The first-order valence-corrected chi connectivity index (χ1v) is 10.9. The summed E-state index contributed by atoms with van der Waals surface area (Å²) < 4.78 is 27.7. The molecular formula is C23H18N2O5S. The molecule has 0 bridgehead atoms. The monoisotopic (exact) mass is 434 g/mol. The summed E-state index contributed by atoms with van der Waals surface area (Å²) in [5.41, 5.74) is 1.11. The van der Waals surface area contributed by atoms with Crippen LogP contribution in [0.5, 0.6) is 0 Å². The van der Waals surface area contributed by atoms with E-state index in [2.05, 4.69) is 0 Å². The van der Waals surface area contributed by atoms with E-state index in [4.69, 9.17) is 0 Å². The molecule has 31 heavy (non-hydrogen) atoms. The van der Waals surface area contributed by atoms with E-state index in [1.165, 1.54) is 0 Å². The molecule has 0 aliphatic rings. The number of hydrogen-bond acceptors (Lipinski definition) is 5. The fourth-order valence-corrected chi connectivity index (χ4v) is 4.93. The maximum absolute atomic E-state index is 13.5. The zero-order valence-corrected chi connectivity index (χ0v) is 17.4. The molecule has 0 atom stereocenters. The van der Waals surface area contributed by atoms with Crippen LogP contribution in [0.4, 0.5) is 5.69 Å². The standard InChI is InChI=1S/C23H18N2O5S/c1-16-7-8-18-15-20(14-17-5-3-2-4-6-17)24(23(26)22(18)13-16)31(29,30)21-11-9-19(10-12-21)25(27)28/h2-13,15H,14H2,1H3. The minimum atomic E-state index is -4.29. The number of nitro benzene ring substituents is 1. The molecule has 4 aromatic rings. The van der Waals surface area contributed by atoms with Crippen LogP contribution in [0.1, 0.15) is 16.8 Å². The molecule has 0 aliphatic heterocycles. The molecule has 156 valence electrons. The fourth-order valence-electron chi connectivity index (χ4n) is 3.50. The molecule has 0 saturated heterocycles. The molecule has 0 saturated carbocycles. The van der Waals surface area contributed by atoms with Gasteiger partial charge >= 0.3 is 0 Å². The van der Waals surface area contributed by atoms with Crippen molar-refractivity contribution in [1.82, 2.24) is 3.97 Å². The quantitative estimate of drug-likeness (QED) is 0.349. The second-order valence-electron chi connectivity index (χ2n) is 7.21. The number of pyridine rings is 1. The van der Waals surface area contributed by atoms with Crippen molar-refractivity contribution in [2.75, 3.05) is 0 Å². The summed E-state index contributed by atoms with van der Waals surface area (Å²) >= 11 is 0. The van der Waals surface area contributed by atoms with Crippen molar-refractivity contribution in [3.05, 3.63) is 116 Å². The molecule has 0 aliphatic carbocycles. The zero-order chi connectivity index (χ0) is 22.2. The molecule has 0 fully saturated rings. The summed E-state index contributed by atoms with van der Waals surface area (Å²) in [6.07, 6.45) is 0.228. The van der Waals surface area contributed by atoms with E-state index >= 15 is 0 Å². The van der Waals surface area contributed by atoms with Gasteiger partial charge in [-0.25, -0.2) is 12.4 Å². The molecule has 0 N–H and O–H groups in total. The Hall–Kier alpha value is -3.78. The SMILES string of the molecule is Cc1ccc2cc(Cc3ccccc3)n(S(=O)(=O)c3ccc([N+](=O)[O-])cc3)c(=O)c2c1. The van der Waals surface area contributed by atoms with Crippen LogP contribution in [-0.2, 0) is 16.4 Å². The number of aryl methyl sites for hydroxylation is 1. The van der Waals surface area contributed by atoms with Gasteiger partial charge in [0.2, 0.25) is 0 Å². The smallest absolute Gasteiger partial charge is 0.268 e. The topological polar surface area (TPSA) is 99.3 Å². The average Bonchev–Trinajstić information content (AvgIpc) is 2.75. The Morgan fingerprint density at radius 2 is 1.61 bits per heavy atom. The molecule has 1 aromatic heterocycles. The maximum atomic E-state index is 13.5. The predicted molar refractivity (Wildman–Crippen MR) is 118 cm³/mol. The van der Waals surface area contributed by atoms with Crippen molar-refractivity contribution in [2.24, 2.45) is 0 Å². The highest BCUT2D eigenvalue weighted by atomic mass is 32.2. The van der Waals surface area contributed by atoms with Crippen LogP contribution in [-0.4, -0.2) is 17.3 Å². The van der Waals surface area contributed by atoms with Crippen LogP contribution >= 0.6 is 0 Å². The molecule has 4 rings (SSSR count). The van der Waals surface area contributed by atoms with Gasteiger partial charge in [0.15, 0.2) is 0 Å². The third-order valence-electron chi connectivity index (χ3n) is 5.02. The van der Waals surface area contributed by atoms with E-state index in [0.717, 1.165) is 39.4 Å². The highest BCUT2D eigenvalue weighted by molar-refractivity contribution is 7.90. The first-order chi connectivity index (χ1) is 14.8. The normalized spacial score (nSPS) is 11.5. The molecule has 7 nitrogen and oxygen atoms in total. The Morgan fingerprint density at radius 3 is 2.26 bits per heavy atom. The summed E-state index contributed by atoms with van der Waals surface area (Å²) in [6.45, 7) is 1.83. The number of non-ortho nitro benzene ring substituents is 1. The largest absolute Gasteiger partial charge is 0.272 e. The van der Waals surface area contributed by atoms with E-state index in [1.807, 2.05) is 43.3 Å². The van der Waals surface area contributed by atoms with Gasteiger partial charge in [0, 0.05) is 29.6 Å². The van der Waals surface area contributed by atoms with E-state index in [0.29, 0.717) is 16.5 Å².